The Morgan fingerprint density at radius 2 is 2.07 bits per heavy atom. The molecule has 0 fully saturated rings. The lowest BCUT2D eigenvalue weighted by Gasteiger charge is -2.12. The number of carbonyl (C=O) groups excluding carboxylic acids is 2. The summed E-state index contributed by atoms with van der Waals surface area (Å²) in [5.74, 6) is -0.719. The number of hydrogen-bond donors (Lipinski definition) is 2. The Bertz CT molecular complexity index is 995. The molecule has 3 aromatic rings. The summed E-state index contributed by atoms with van der Waals surface area (Å²) in [6.07, 6.45) is 3.71. The Hall–Kier alpha value is -3.41. The van der Waals surface area contributed by atoms with Crippen molar-refractivity contribution in [1.29, 1.82) is 0 Å². The highest BCUT2D eigenvalue weighted by Gasteiger charge is 2.32. The second-order valence-corrected chi connectivity index (χ2v) is 6.69. The second-order valence-electron chi connectivity index (χ2n) is 6.69. The summed E-state index contributed by atoms with van der Waals surface area (Å²) < 4.78 is 1.77. The largest absolute Gasteiger partial charge is 0.352 e. The molecule has 6 heteroatoms. The van der Waals surface area contributed by atoms with Gasteiger partial charge in [0.25, 0.3) is 0 Å². The molecular weight excluding hydrogens is 340 g/mol. The van der Waals surface area contributed by atoms with E-state index in [1.807, 2.05) is 61.7 Å². The Morgan fingerprint density at radius 3 is 2.89 bits per heavy atom. The third-order valence-corrected chi connectivity index (χ3v) is 4.77. The molecule has 0 radical (unpaired) electrons. The van der Waals surface area contributed by atoms with Gasteiger partial charge in [0.15, 0.2) is 0 Å². The maximum Gasteiger partial charge on any atom is 0.232 e. The van der Waals surface area contributed by atoms with Gasteiger partial charge in [-0.1, -0.05) is 30.3 Å². The van der Waals surface area contributed by atoms with Crippen LogP contribution in [0.25, 0.3) is 5.69 Å². The molecule has 6 nitrogen and oxygen atoms in total. The van der Waals surface area contributed by atoms with Crippen molar-refractivity contribution in [2.45, 2.75) is 25.8 Å². The van der Waals surface area contributed by atoms with Gasteiger partial charge in [-0.05, 0) is 41.8 Å². The van der Waals surface area contributed by atoms with Crippen LogP contribution in [0.1, 0.15) is 29.0 Å². The smallest absolute Gasteiger partial charge is 0.232 e. The van der Waals surface area contributed by atoms with E-state index in [9.17, 15) is 9.59 Å². The molecule has 0 aliphatic carbocycles. The summed E-state index contributed by atoms with van der Waals surface area (Å²) >= 11 is 0. The number of rotatable bonds is 5. The van der Waals surface area contributed by atoms with Crippen molar-refractivity contribution >= 4 is 17.5 Å². The van der Waals surface area contributed by atoms with Crippen LogP contribution in [0, 0.1) is 6.92 Å². The molecule has 2 N–H and O–H groups in total. The standard InChI is InChI=1S/C21H20N4O2/c1-14-7-8-16-17(21(27)24-18(16)11-14)12-20(26)22-13-15-5-2-3-6-19(15)25-10-4-9-23-25/h2-11,17H,12-13H2,1H3,(H,22,26)(H,24,27). The van der Waals surface area contributed by atoms with Gasteiger partial charge >= 0.3 is 0 Å². The number of nitrogens with one attached hydrogen (secondary N) is 2. The fourth-order valence-corrected chi connectivity index (χ4v) is 3.39. The normalized spacial score (nSPS) is 15.3. The van der Waals surface area contributed by atoms with Crippen LogP contribution in [0.3, 0.4) is 0 Å². The van der Waals surface area contributed by atoms with E-state index in [0.29, 0.717) is 6.54 Å². The Labute approximate surface area is 157 Å². The van der Waals surface area contributed by atoms with E-state index in [0.717, 1.165) is 28.1 Å². The summed E-state index contributed by atoms with van der Waals surface area (Å²) in [4.78, 5) is 24.7. The minimum absolute atomic E-state index is 0.123. The Balaban J connectivity index is 1.44. The van der Waals surface area contributed by atoms with Gasteiger partial charge in [0.2, 0.25) is 11.8 Å². The van der Waals surface area contributed by atoms with Crippen LogP contribution < -0.4 is 10.6 Å². The molecule has 4 rings (SSSR count). The average Bonchev–Trinajstić information content (AvgIpc) is 3.29. The maximum absolute atomic E-state index is 12.5. The summed E-state index contributed by atoms with van der Waals surface area (Å²) in [7, 11) is 0. The third-order valence-electron chi connectivity index (χ3n) is 4.77. The summed E-state index contributed by atoms with van der Waals surface area (Å²) in [6.45, 7) is 2.35. The molecule has 27 heavy (non-hydrogen) atoms. The number of aromatic nitrogens is 2. The lowest BCUT2D eigenvalue weighted by molar-refractivity contribution is -0.125. The monoisotopic (exact) mass is 360 g/mol. The number of aryl methyl sites for hydroxylation is 1. The number of para-hydroxylation sites is 1. The molecule has 2 amide bonds. The van der Waals surface area contributed by atoms with Crippen LogP contribution in [0.5, 0.6) is 0 Å². The van der Waals surface area contributed by atoms with Gasteiger partial charge in [0.05, 0.1) is 11.6 Å². The van der Waals surface area contributed by atoms with Gasteiger partial charge in [-0.3, -0.25) is 9.59 Å². The van der Waals surface area contributed by atoms with Crippen molar-refractivity contribution in [3.8, 4) is 5.69 Å². The van der Waals surface area contributed by atoms with E-state index in [4.69, 9.17) is 0 Å². The van der Waals surface area contributed by atoms with Crippen molar-refractivity contribution in [3.63, 3.8) is 0 Å². The molecule has 1 aliphatic heterocycles. The minimum Gasteiger partial charge on any atom is -0.352 e. The highest BCUT2D eigenvalue weighted by molar-refractivity contribution is 6.05. The zero-order valence-electron chi connectivity index (χ0n) is 15.0. The maximum atomic E-state index is 12.5. The van der Waals surface area contributed by atoms with Crippen molar-refractivity contribution < 1.29 is 9.59 Å². The SMILES string of the molecule is Cc1ccc2c(c1)NC(=O)C2CC(=O)NCc1ccccc1-n1cccn1. The summed E-state index contributed by atoms with van der Waals surface area (Å²) in [5.41, 5.74) is 4.65. The quantitative estimate of drug-likeness (QED) is 0.734. The van der Waals surface area contributed by atoms with Gasteiger partial charge in [-0.2, -0.15) is 5.10 Å². The first kappa shape index (κ1) is 17.0. The number of amides is 2. The molecule has 1 atom stereocenters. The minimum atomic E-state index is -0.443. The van der Waals surface area contributed by atoms with Gasteiger partial charge in [0, 0.05) is 31.0 Å². The number of nitrogens with zero attached hydrogens (tertiary/aromatic N) is 2. The number of benzene rings is 2. The zero-order valence-corrected chi connectivity index (χ0v) is 15.0. The summed E-state index contributed by atoms with van der Waals surface area (Å²) in [5, 5.41) is 10.0. The molecular formula is C21H20N4O2. The second kappa shape index (κ2) is 7.07. The lowest BCUT2D eigenvalue weighted by Crippen LogP contribution is -2.27. The number of anilines is 1. The molecule has 0 saturated carbocycles. The van der Waals surface area contributed by atoms with E-state index in [1.165, 1.54) is 0 Å². The van der Waals surface area contributed by atoms with Crippen molar-refractivity contribution in [2.75, 3.05) is 5.32 Å². The van der Waals surface area contributed by atoms with E-state index in [1.54, 1.807) is 10.9 Å². The fourth-order valence-electron chi connectivity index (χ4n) is 3.39. The third kappa shape index (κ3) is 3.46. The van der Waals surface area contributed by atoms with Crippen molar-refractivity contribution in [3.05, 3.63) is 77.6 Å². The highest BCUT2D eigenvalue weighted by Crippen LogP contribution is 2.35. The van der Waals surface area contributed by atoms with Gasteiger partial charge in [0.1, 0.15) is 0 Å². The van der Waals surface area contributed by atoms with Crippen molar-refractivity contribution in [2.24, 2.45) is 0 Å². The van der Waals surface area contributed by atoms with E-state index >= 15 is 0 Å². The van der Waals surface area contributed by atoms with Crippen LogP contribution in [-0.4, -0.2) is 21.6 Å². The topological polar surface area (TPSA) is 76.0 Å². The number of carbonyl (C=O) groups is 2. The molecule has 0 bridgehead atoms. The van der Waals surface area contributed by atoms with Crippen LogP contribution in [-0.2, 0) is 16.1 Å². The lowest BCUT2D eigenvalue weighted by atomic mass is 9.96. The van der Waals surface area contributed by atoms with Gasteiger partial charge in [-0.15, -0.1) is 0 Å². The average molecular weight is 360 g/mol. The molecule has 1 unspecified atom stereocenters. The first-order chi connectivity index (χ1) is 13.1. The molecule has 0 spiro atoms. The first-order valence-corrected chi connectivity index (χ1v) is 8.88. The fraction of sp³-hybridized carbons (Fsp3) is 0.190. The van der Waals surface area contributed by atoms with E-state index in [2.05, 4.69) is 15.7 Å². The molecule has 0 saturated heterocycles. The molecule has 1 aromatic heterocycles. The summed E-state index contributed by atoms with van der Waals surface area (Å²) in [6, 6.07) is 15.5. The van der Waals surface area contributed by atoms with Crippen molar-refractivity contribution in [1.82, 2.24) is 15.1 Å². The van der Waals surface area contributed by atoms with Crippen LogP contribution in [0.15, 0.2) is 60.9 Å². The first-order valence-electron chi connectivity index (χ1n) is 8.88. The van der Waals surface area contributed by atoms with E-state index in [-0.39, 0.29) is 18.2 Å². The van der Waals surface area contributed by atoms with Gasteiger partial charge in [-0.25, -0.2) is 4.68 Å². The van der Waals surface area contributed by atoms with Crippen LogP contribution in [0.2, 0.25) is 0 Å². The van der Waals surface area contributed by atoms with E-state index < -0.39 is 5.92 Å². The molecule has 2 heterocycles. The zero-order chi connectivity index (χ0) is 18.8. The van der Waals surface area contributed by atoms with Crippen LogP contribution >= 0.6 is 0 Å². The molecule has 136 valence electrons. The molecule has 2 aromatic carbocycles. The van der Waals surface area contributed by atoms with Gasteiger partial charge < -0.3 is 10.6 Å². The molecule has 1 aliphatic rings. The Kier molecular flexibility index (Phi) is 4.46. The van der Waals surface area contributed by atoms with Crippen LogP contribution in [0.4, 0.5) is 5.69 Å². The Morgan fingerprint density at radius 1 is 1.22 bits per heavy atom. The highest BCUT2D eigenvalue weighted by atomic mass is 16.2. The predicted octanol–water partition coefficient (Wildman–Crippen LogP) is 2.92. The predicted molar refractivity (Wildman–Crippen MR) is 103 cm³/mol. The number of fused-ring (bicyclic) bond motifs is 1. The number of hydrogen-bond acceptors (Lipinski definition) is 3.